The molecule has 0 bridgehead atoms. The maximum Gasteiger partial charge on any atom is 0.0969 e. The minimum Gasteiger partial charge on any atom is -0.396 e. The molecule has 0 spiro atoms. The van der Waals surface area contributed by atoms with Gasteiger partial charge < -0.3 is 23.9 Å². The lowest BCUT2D eigenvalue weighted by Gasteiger charge is -2.25. The van der Waals surface area contributed by atoms with Gasteiger partial charge in [-0.15, -0.1) is 0 Å². The summed E-state index contributed by atoms with van der Waals surface area (Å²) < 4.78 is 21.4. The molecule has 8 heteroatoms. The number of methoxy groups -OCH3 is 1. The summed E-state index contributed by atoms with van der Waals surface area (Å²) >= 11 is 3.75. The Balaban J connectivity index is 1.48. The van der Waals surface area contributed by atoms with E-state index in [-0.39, 0.29) is 24.2 Å². The van der Waals surface area contributed by atoms with Crippen molar-refractivity contribution in [2.45, 2.75) is 90.0 Å². The number of aliphatic hydroxyl groups is 1. The first-order valence-corrected chi connectivity index (χ1v) is 16.9. The summed E-state index contributed by atoms with van der Waals surface area (Å²) in [6.07, 6.45) is 8.68. The second-order valence-corrected chi connectivity index (χ2v) is 14.5. The largest absolute Gasteiger partial charge is 0.396 e. The molecule has 6 rings (SSSR count). The fourth-order valence-corrected chi connectivity index (χ4v) is 7.33. The maximum atomic E-state index is 10.4. The first-order valence-electron chi connectivity index (χ1n) is 16.2. The van der Waals surface area contributed by atoms with E-state index in [0.29, 0.717) is 12.5 Å². The third-order valence-corrected chi connectivity index (χ3v) is 10.2. The smallest absolute Gasteiger partial charge is 0.0969 e. The molecule has 2 saturated heterocycles. The number of hydrogen-bond donors (Lipinski definition) is 1. The van der Waals surface area contributed by atoms with Crippen LogP contribution in [0, 0.1) is 5.41 Å². The Morgan fingerprint density at radius 3 is 2.65 bits per heavy atom. The SMILES string of the molecule is CO[C@@H](C)c1ncc([C@@H]2CCN(C3CC3)C2)cc1-c1c(CC(C)(C)CO)c2cc(Br)ccc2n1CCOC1CCOCC1. The molecule has 3 aliphatic rings. The molecule has 234 valence electrons. The summed E-state index contributed by atoms with van der Waals surface area (Å²) in [7, 11) is 1.76. The van der Waals surface area contributed by atoms with Crippen LogP contribution in [-0.2, 0) is 27.2 Å². The van der Waals surface area contributed by atoms with Gasteiger partial charge in [0, 0.05) is 73.2 Å². The fourth-order valence-electron chi connectivity index (χ4n) is 6.97. The first-order chi connectivity index (χ1) is 20.8. The van der Waals surface area contributed by atoms with Crippen LogP contribution in [0.1, 0.15) is 81.7 Å². The van der Waals surface area contributed by atoms with Crippen molar-refractivity contribution < 1.29 is 19.3 Å². The number of rotatable bonds is 12. The Morgan fingerprint density at radius 1 is 1.14 bits per heavy atom. The van der Waals surface area contributed by atoms with Gasteiger partial charge >= 0.3 is 0 Å². The summed E-state index contributed by atoms with van der Waals surface area (Å²) in [4.78, 5) is 7.81. The van der Waals surface area contributed by atoms with Crippen LogP contribution in [0.2, 0.25) is 0 Å². The van der Waals surface area contributed by atoms with Gasteiger partial charge in [0.2, 0.25) is 0 Å². The van der Waals surface area contributed by atoms with Crippen molar-refractivity contribution >= 4 is 26.8 Å². The number of hydrogen-bond acceptors (Lipinski definition) is 6. The van der Waals surface area contributed by atoms with Gasteiger partial charge in [0.25, 0.3) is 0 Å². The van der Waals surface area contributed by atoms with Crippen LogP contribution in [-0.4, -0.2) is 78.3 Å². The molecule has 1 saturated carbocycles. The summed E-state index contributed by atoms with van der Waals surface area (Å²) in [6.45, 7) is 11.7. The molecule has 0 unspecified atom stereocenters. The monoisotopic (exact) mass is 653 g/mol. The number of aromatic nitrogens is 2. The number of nitrogens with zero attached hydrogens (tertiary/aromatic N) is 3. The maximum absolute atomic E-state index is 10.4. The van der Waals surface area contributed by atoms with Crippen molar-refractivity contribution in [3.8, 4) is 11.3 Å². The molecule has 2 aliphatic heterocycles. The van der Waals surface area contributed by atoms with E-state index < -0.39 is 0 Å². The predicted octanol–water partition coefficient (Wildman–Crippen LogP) is 6.88. The van der Waals surface area contributed by atoms with Crippen molar-refractivity contribution in [3.63, 3.8) is 0 Å². The lowest BCUT2D eigenvalue weighted by molar-refractivity contribution is -0.0336. The van der Waals surface area contributed by atoms with Crippen LogP contribution in [0.15, 0.2) is 34.9 Å². The average molecular weight is 655 g/mol. The van der Waals surface area contributed by atoms with Crippen molar-refractivity contribution in [1.82, 2.24) is 14.5 Å². The van der Waals surface area contributed by atoms with Gasteiger partial charge in [-0.2, -0.15) is 0 Å². The molecule has 1 aliphatic carbocycles. The Kier molecular flexibility index (Phi) is 9.63. The van der Waals surface area contributed by atoms with E-state index in [4.69, 9.17) is 19.2 Å². The van der Waals surface area contributed by atoms with E-state index in [1.807, 2.05) is 0 Å². The summed E-state index contributed by atoms with van der Waals surface area (Å²) in [5, 5.41) is 11.6. The van der Waals surface area contributed by atoms with Gasteiger partial charge in [0.1, 0.15) is 0 Å². The Hall–Kier alpha value is -1.81. The zero-order valence-corrected chi connectivity index (χ0v) is 27.9. The third-order valence-electron chi connectivity index (χ3n) is 9.74. The molecule has 3 fully saturated rings. The molecule has 2 atom stereocenters. The summed E-state index contributed by atoms with van der Waals surface area (Å²) in [5.41, 5.74) is 6.72. The van der Waals surface area contributed by atoms with Gasteiger partial charge in [-0.3, -0.25) is 9.88 Å². The van der Waals surface area contributed by atoms with E-state index in [2.05, 4.69) is 76.6 Å². The van der Waals surface area contributed by atoms with Gasteiger partial charge in [0.05, 0.1) is 30.2 Å². The minimum absolute atomic E-state index is 0.110. The van der Waals surface area contributed by atoms with Crippen molar-refractivity contribution in [1.29, 1.82) is 0 Å². The quantitative estimate of drug-likeness (QED) is 0.230. The van der Waals surface area contributed by atoms with E-state index >= 15 is 0 Å². The van der Waals surface area contributed by atoms with Gasteiger partial charge in [-0.25, -0.2) is 0 Å². The molecule has 7 nitrogen and oxygen atoms in total. The third kappa shape index (κ3) is 6.90. The summed E-state index contributed by atoms with van der Waals surface area (Å²) in [5.74, 6) is 0.486. The number of likely N-dealkylation sites (tertiary alicyclic amines) is 1. The van der Waals surface area contributed by atoms with Crippen LogP contribution in [0.4, 0.5) is 0 Å². The molecule has 4 heterocycles. The van der Waals surface area contributed by atoms with Crippen molar-refractivity contribution in [2.24, 2.45) is 5.41 Å². The second kappa shape index (κ2) is 13.3. The first kappa shape index (κ1) is 31.2. The van der Waals surface area contributed by atoms with Gasteiger partial charge in [-0.05, 0) is 98.7 Å². The number of halogens is 1. The number of aliphatic hydroxyl groups excluding tert-OH is 1. The topological polar surface area (TPSA) is 69.0 Å². The van der Waals surface area contributed by atoms with Gasteiger partial charge in [0.15, 0.2) is 0 Å². The highest BCUT2D eigenvalue weighted by atomic mass is 79.9. The Labute approximate surface area is 265 Å². The molecule has 1 aromatic carbocycles. The zero-order chi connectivity index (χ0) is 30.1. The second-order valence-electron chi connectivity index (χ2n) is 13.6. The van der Waals surface area contributed by atoms with E-state index in [9.17, 15) is 5.11 Å². The van der Waals surface area contributed by atoms with Crippen molar-refractivity contribution in [2.75, 3.05) is 46.6 Å². The van der Waals surface area contributed by atoms with Crippen LogP contribution < -0.4 is 0 Å². The molecule has 0 amide bonds. The molecule has 2 aromatic heterocycles. The molecule has 3 aromatic rings. The average Bonchev–Trinajstić information content (AvgIpc) is 3.68. The van der Waals surface area contributed by atoms with E-state index in [1.54, 1.807) is 7.11 Å². The summed E-state index contributed by atoms with van der Waals surface area (Å²) in [6, 6.07) is 9.77. The molecular weight excluding hydrogens is 606 g/mol. The normalized spacial score (nSPS) is 21.2. The number of ether oxygens (including phenoxy) is 3. The van der Waals surface area contributed by atoms with Crippen LogP contribution in [0.3, 0.4) is 0 Å². The minimum atomic E-state index is -0.289. The lowest BCUT2D eigenvalue weighted by Crippen LogP contribution is -2.25. The van der Waals surface area contributed by atoms with E-state index in [1.165, 1.54) is 53.5 Å². The van der Waals surface area contributed by atoms with Gasteiger partial charge in [-0.1, -0.05) is 29.8 Å². The van der Waals surface area contributed by atoms with Crippen LogP contribution >= 0.6 is 15.9 Å². The molecule has 43 heavy (non-hydrogen) atoms. The lowest BCUT2D eigenvalue weighted by atomic mass is 9.84. The number of pyridine rings is 1. The fraction of sp³-hybridized carbons (Fsp3) is 0.629. The van der Waals surface area contributed by atoms with Crippen LogP contribution in [0.5, 0.6) is 0 Å². The van der Waals surface area contributed by atoms with Crippen LogP contribution in [0.25, 0.3) is 22.2 Å². The molecule has 1 N–H and O–H groups in total. The standard InChI is InChI=1S/C35H48BrN3O4/c1-23(41-4)33-30(17-25(20-37-33)24-9-12-38(21-24)27-6-7-27)34-31(19-35(2,3)22-40)29-18-26(36)5-8-32(29)39(34)13-16-43-28-10-14-42-15-11-28/h5,8,17-18,20,23-24,27-28,40H,6-7,9-16,19,21-22H2,1-4H3/t23-,24+/m0/s1. The Morgan fingerprint density at radius 2 is 1.93 bits per heavy atom. The molecule has 0 radical (unpaired) electrons. The van der Waals surface area contributed by atoms with E-state index in [0.717, 1.165) is 67.3 Å². The highest BCUT2D eigenvalue weighted by Gasteiger charge is 2.36. The number of benzene rings is 1. The Bertz CT molecular complexity index is 1410. The number of fused-ring (bicyclic) bond motifs is 1. The highest BCUT2D eigenvalue weighted by Crippen LogP contribution is 2.43. The van der Waals surface area contributed by atoms with Crippen molar-refractivity contribution in [3.05, 3.63) is 51.8 Å². The predicted molar refractivity (Wildman–Crippen MR) is 175 cm³/mol. The zero-order valence-electron chi connectivity index (χ0n) is 26.3. The highest BCUT2D eigenvalue weighted by molar-refractivity contribution is 9.10. The molecular formula is C35H48BrN3O4.